The van der Waals surface area contributed by atoms with Crippen LogP contribution in [0, 0.1) is 0 Å². The van der Waals surface area contributed by atoms with E-state index in [4.69, 9.17) is 10.2 Å². The standard InChI is InChI=1S/C9H10O4Si/c10-8(11)6-3-1-2-5(4-14)7(6)9(12)13/h1-3H,4H2,14H3,(H,10,11)(H,12,13). The highest BCUT2D eigenvalue weighted by atomic mass is 28.1. The zero-order chi connectivity index (χ0) is 10.7. The van der Waals surface area contributed by atoms with E-state index in [2.05, 4.69) is 0 Å². The molecule has 14 heavy (non-hydrogen) atoms. The van der Waals surface area contributed by atoms with Gasteiger partial charge in [-0.25, -0.2) is 9.59 Å². The van der Waals surface area contributed by atoms with Crippen molar-refractivity contribution >= 4 is 22.2 Å². The molecule has 74 valence electrons. The van der Waals surface area contributed by atoms with Crippen molar-refractivity contribution in [2.75, 3.05) is 0 Å². The second-order valence-corrected chi connectivity index (χ2v) is 3.51. The third kappa shape index (κ3) is 1.82. The molecule has 0 radical (unpaired) electrons. The van der Waals surface area contributed by atoms with Gasteiger partial charge in [-0.3, -0.25) is 0 Å². The summed E-state index contributed by atoms with van der Waals surface area (Å²) in [5.41, 5.74) is 0.393. The van der Waals surface area contributed by atoms with Crippen molar-refractivity contribution in [2.45, 2.75) is 6.04 Å². The zero-order valence-corrected chi connectivity index (χ0v) is 9.65. The minimum Gasteiger partial charge on any atom is -0.478 e. The number of benzene rings is 1. The maximum Gasteiger partial charge on any atom is 0.336 e. The molecule has 2 N–H and O–H groups in total. The Labute approximate surface area is 83.6 Å². The predicted octanol–water partition coefficient (Wildman–Crippen LogP) is -0.0516. The second kappa shape index (κ2) is 4.06. The fourth-order valence-electron chi connectivity index (χ4n) is 1.33. The van der Waals surface area contributed by atoms with Gasteiger partial charge in [0, 0.05) is 10.2 Å². The van der Waals surface area contributed by atoms with Crippen LogP contribution in [0.2, 0.25) is 0 Å². The fourth-order valence-corrected chi connectivity index (χ4v) is 1.91. The highest BCUT2D eigenvalue weighted by molar-refractivity contribution is 6.10. The molecule has 0 aromatic heterocycles. The molecule has 0 amide bonds. The monoisotopic (exact) mass is 210 g/mol. The molecule has 0 aliphatic carbocycles. The number of rotatable bonds is 3. The van der Waals surface area contributed by atoms with Crippen molar-refractivity contribution in [3.63, 3.8) is 0 Å². The first-order chi connectivity index (χ1) is 6.57. The highest BCUT2D eigenvalue weighted by Crippen LogP contribution is 2.15. The van der Waals surface area contributed by atoms with Crippen LogP contribution >= 0.6 is 0 Å². The SMILES string of the molecule is O=C(O)c1cccc(C[SiH3])c1C(=O)O. The quantitative estimate of drug-likeness (QED) is 0.686. The van der Waals surface area contributed by atoms with Crippen LogP contribution in [0.1, 0.15) is 26.3 Å². The van der Waals surface area contributed by atoms with Crippen LogP contribution in [0.15, 0.2) is 18.2 Å². The van der Waals surface area contributed by atoms with Gasteiger partial charge in [-0.15, -0.1) is 0 Å². The van der Waals surface area contributed by atoms with Crippen LogP contribution < -0.4 is 0 Å². The number of aromatic carboxylic acids is 2. The molecule has 0 aliphatic heterocycles. The first kappa shape index (κ1) is 10.5. The van der Waals surface area contributed by atoms with E-state index in [1.807, 2.05) is 0 Å². The normalized spacial score (nSPS) is 10.0. The minimum atomic E-state index is -1.20. The van der Waals surface area contributed by atoms with Gasteiger partial charge in [-0.05, 0) is 17.7 Å². The lowest BCUT2D eigenvalue weighted by atomic mass is 10.0. The maximum absolute atomic E-state index is 10.9. The van der Waals surface area contributed by atoms with Crippen LogP contribution in [0.5, 0.6) is 0 Å². The van der Waals surface area contributed by atoms with Gasteiger partial charge in [-0.1, -0.05) is 12.1 Å². The largest absolute Gasteiger partial charge is 0.478 e. The van der Waals surface area contributed by atoms with Crippen molar-refractivity contribution in [3.8, 4) is 0 Å². The summed E-state index contributed by atoms with van der Waals surface area (Å²) < 4.78 is 0. The Hall–Kier alpha value is -1.62. The van der Waals surface area contributed by atoms with E-state index in [9.17, 15) is 9.59 Å². The van der Waals surface area contributed by atoms with E-state index in [1.54, 1.807) is 12.1 Å². The molecule has 0 spiro atoms. The maximum atomic E-state index is 10.9. The molecule has 0 aliphatic rings. The molecule has 0 saturated carbocycles. The summed E-state index contributed by atoms with van der Waals surface area (Å²) in [6, 6.07) is 5.18. The zero-order valence-electron chi connectivity index (χ0n) is 7.65. The number of hydrogen-bond acceptors (Lipinski definition) is 2. The van der Waals surface area contributed by atoms with Gasteiger partial charge >= 0.3 is 11.9 Å². The van der Waals surface area contributed by atoms with Crippen LogP contribution in [-0.2, 0) is 6.04 Å². The van der Waals surface area contributed by atoms with Gasteiger partial charge in [0.2, 0.25) is 0 Å². The summed E-state index contributed by atoms with van der Waals surface area (Å²) in [6.45, 7) is 0. The van der Waals surface area contributed by atoms with E-state index in [1.165, 1.54) is 6.07 Å². The highest BCUT2D eigenvalue weighted by Gasteiger charge is 2.18. The third-order valence-corrected chi connectivity index (χ3v) is 2.74. The smallest absolute Gasteiger partial charge is 0.336 e. The summed E-state index contributed by atoms with van der Waals surface area (Å²) in [6.07, 6.45) is 0. The Kier molecular flexibility index (Phi) is 3.03. The molecule has 5 heteroatoms. The number of hydrogen-bond donors (Lipinski definition) is 2. The van der Waals surface area contributed by atoms with Crippen LogP contribution in [-0.4, -0.2) is 32.4 Å². The average molecular weight is 210 g/mol. The molecule has 1 aromatic rings. The average Bonchev–Trinajstić information content (AvgIpc) is 2.16. The lowest BCUT2D eigenvalue weighted by Crippen LogP contribution is -2.11. The molecular formula is C9H10O4Si. The third-order valence-electron chi connectivity index (χ3n) is 1.98. The number of carboxylic acids is 2. The van der Waals surface area contributed by atoms with Crippen LogP contribution in [0.3, 0.4) is 0 Å². The van der Waals surface area contributed by atoms with Gasteiger partial charge in [0.15, 0.2) is 0 Å². The topological polar surface area (TPSA) is 74.6 Å². The Morgan fingerprint density at radius 1 is 1.21 bits per heavy atom. The molecule has 0 saturated heterocycles. The fraction of sp³-hybridized carbons (Fsp3) is 0.111. The molecule has 0 atom stereocenters. The second-order valence-electron chi connectivity index (χ2n) is 2.80. The summed E-state index contributed by atoms with van der Waals surface area (Å²) in [4.78, 5) is 21.6. The molecule has 0 heterocycles. The Morgan fingerprint density at radius 3 is 2.29 bits per heavy atom. The molecule has 1 rings (SSSR count). The summed E-state index contributed by atoms with van der Waals surface area (Å²) in [5, 5.41) is 17.7. The van der Waals surface area contributed by atoms with Crippen LogP contribution in [0.4, 0.5) is 0 Å². The van der Waals surface area contributed by atoms with Crippen molar-refractivity contribution < 1.29 is 19.8 Å². The van der Waals surface area contributed by atoms with Gasteiger partial charge in [0.1, 0.15) is 0 Å². The first-order valence-electron chi connectivity index (χ1n) is 4.16. The van der Waals surface area contributed by atoms with E-state index >= 15 is 0 Å². The van der Waals surface area contributed by atoms with Gasteiger partial charge in [0.05, 0.1) is 11.1 Å². The summed E-state index contributed by atoms with van der Waals surface area (Å²) >= 11 is 0. The molecular weight excluding hydrogens is 200 g/mol. The van der Waals surface area contributed by atoms with Gasteiger partial charge in [0.25, 0.3) is 0 Å². The molecule has 1 aromatic carbocycles. The van der Waals surface area contributed by atoms with Crippen LogP contribution in [0.25, 0.3) is 0 Å². The van der Waals surface area contributed by atoms with E-state index < -0.39 is 11.9 Å². The minimum absolute atomic E-state index is 0.0741. The van der Waals surface area contributed by atoms with E-state index in [0.717, 1.165) is 10.2 Å². The van der Waals surface area contributed by atoms with Crippen molar-refractivity contribution in [1.82, 2.24) is 0 Å². The first-order valence-corrected chi connectivity index (χ1v) is 5.57. The molecule has 4 nitrogen and oxygen atoms in total. The number of carboxylic acid groups (broad SMARTS) is 2. The Morgan fingerprint density at radius 2 is 1.86 bits per heavy atom. The van der Waals surface area contributed by atoms with E-state index in [-0.39, 0.29) is 11.1 Å². The van der Waals surface area contributed by atoms with Gasteiger partial charge < -0.3 is 10.2 Å². The Balaban J connectivity index is 3.43. The number of carbonyl (C=O) groups is 2. The van der Waals surface area contributed by atoms with Crippen molar-refractivity contribution in [2.24, 2.45) is 0 Å². The predicted molar refractivity (Wildman–Crippen MR) is 54.0 cm³/mol. The summed E-state index contributed by atoms with van der Waals surface area (Å²) in [7, 11) is 0.808. The lowest BCUT2D eigenvalue weighted by molar-refractivity contribution is 0.0650. The van der Waals surface area contributed by atoms with Crippen molar-refractivity contribution in [1.29, 1.82) is 0 Å². The van der Waals surface area contributed by atoms with E-state index in [0.29, 0.717) is 11.6 Å². The molecule has 0 bridgehead atoms. The summed E-state index contributed by atoms with van der Waals surface area (Å²) in [5.74, 6) is -2.37. The molecule has 0 fully saturated rings. The van der Waals surface area contributed by atoms with Crippen molar-refractivity contribution in [3.05, 3.63) is 34.9 Å². The molecule has 0 unspecified atom stereocenters. The lowest BCUT2D eigenvalue weighted by Gasteiger charge is -2.06. The van der Waals surface area contributed by atoms with Gasteiger partial charge in [-0.2, -0.15) is 0 Å². The Bertz CT molecular complexity index is 386.